The summed E-state index contributed by atoms with van der Waals surface area (Å²) in [5, 5.41) is 9.77. The van der Waals surface area contributed by atoms with Gasteiger partial charge in [-0.15, -0.1) is 0 Å². The zero-order valence-electron chi connectivity index (χ0n) is 11.1. The van der Waals surface area contributed by atoms with Gasteiger partial charge in [-0.05, 0) is 44.9 Å². The summed E-state index contributed by atoms with van der Waals surface area (Å²) in [5.74, 6) is 0.308. The van der Waals surface area contributed by atoms with Crippen molar-refractivity contribution in [2.75, 3.05) is 19.6 Å². The molecule has 0 aromatic carbocycles. The summed E-state index contributed by atoms with van der Waals surface area (Å²) in [6.07, 6.45) is 7.51. The van der Waals surface area contributed by atoms with Crippen LogP contribution >= 0.6 is 0 Å². The molecule has 3 aliphatic heterocycles. The Labute approximate surface area is 109 Å². The predicted molar refractivity (Wildman–Crippen MR) is 69.2 cm³/mol. The molecule has 3 aliphatic rings. The van der Waals surface area contributed by atoms with Gasteiger partial charge in [-0.2, -0.15) is 0 Å². The van der Waals surface area contributed by atoms with E-state index in [-0.39, 0.29) is 6.10 Å². The van der Waals surface area contributed by atoms with Crippen molar-refractivity contribution in [1.82, 2.24) is 9.80 Å². The molecule has 1 N–H and O–H groups in total. The lowest BCUT2D eigenvalue weighted by Crippen LogP contribution is -2.50. The topological polar surface area (TPSA) is 43.8 Å². The summed E-state index contributed by atoms with van der Waals surface area (Å²) in [6.45, 7) is 2.48. The van der Waals surface area contributed by atoms with Gasteiger partial charge >= 0.3 is 0 Å². The Bertz CT molecular complexity index is 301. The molecule has 3 saturated heterocycles. The SMILES string of the molecule is O=C(CN1C2CCC1CC(O)C2)N1CCCCC1. The van der Waals surface area contributed by atoms with Gasteiger partial charge in [-0.25, -0.2) is 0 Å². The lowest BCUT2D eigenvalue weighted by Gasteiger charge is -2.38. The molecule has 2 bridgehead atoms. The Morgan fingerprint density at radius 3 is 2.28 bits per heavy atom. The van der Waals surface area contributed by atoms with E-state index in [0.717, 1.165) is 51.6 Å². The third-order valence-electron chi connectivity index (χ3n) is 4.89. The summed E-state index contributed by atoms with van der Waals surface area (Å²) in [6, 6.07) is 0.903. The fourth-order valence-corrected chi connectivity index (χ4v) is 3.90. The highest BCUT2D eigenvalue weighted by atomic mass is 16.3. The Hall–Kier alpha value is -0.610. The molecular weight excluding hydrogens is 228 g/mol. The molecule has 0 saturated carbocycles. The van der Waals surface area contributed by atoms with E-state index >= 15 is 0 Å². The zero-order valence-corrected chi connectivity index (χ0v) is 11.1. The smallest absolute Gasteiger partial charge is 0.236 e. The van der Waals surface area contributed by atoms with Crippen LogP contribution in [0.4, 0.5) is 0 Å². The van der Waals surface area contributed by atoms with Gasteiger partial charge in [0.05, 0.1) is 12.6 Å². The number of rotatable bonds is 2. The third kappa shape index (κ3) is 2.41. The number of likely N-dealkylation sites (tertiary alicyclic amines) is 1. The number of carbonyl (C=O) groups is 1. The number of hydrogen-bond acceptors (Lipinski definition) is 3. The molecule has 4 nitrogen and oxygen atoms in total. The fourth-order valence-electron chi connectivity index (χ4n) is 3.90. The van der Waals surface area contributed by atoms with Crippen molar-refractivity contribution in [2.24, 2.45) is 0 Å². The normalized spacial score (nSPS) is 36.9. The van der Waals surface area contributed by atoms with E-state index in [0.29, 0.717) is 24.5 Å². The Morgan fingerprint density at radius 2 is 1.67 bits per heavy atom. The van der Waals surface area contributed by atoms with Gasteiger partial charge in [0.15, 0.2) is 0 Å². The number of nitrogens with zero attached hydrogens (tertiary/aromatic N) is 2. The minimum Gasteiger partial charge on any atom is -0.393 e. The van der Waals surface area contributed by atoms with Gasteiger partial charge in [0.2, 0.25) is 5.91 Å². The second kappa shape index (κ2) is 5.17. The standard InChI is InChI=1S/C14H24N2O2/c17-13-8-11-4-5-12(9-13)16(11)10-14(18)15-6-2-1-3-7-15/h11-13,17H,1-10H2. The quantitative estimate of drug-likeness (QED) is 0.797. The number of amides is 1. The van der Waals surface area contributed by atoms with E-state index in [1.165, 1.54) is 6.42 Å². The molecule has 0 aliphatic carbocycles. The Morgan fingerprint density at radius 1 is 1.06 bits per heavy atom. The molecule has 3 rings (SSSR count). The number of hydrogen-bond donors (Lipinski definition) is 1. The van der Waals surface area contributed by atoms with Crippen molar-refractivity contribution in [3.63, 3.8) is 0 Å². The lowest BCUT2D eigenvalue weighted by molar-refractivity contribution is -0.135. The van der Waals surface area contributed by atoms with Crippen molar-refractivity contribution in [3.8, 4) is 0 Å². The first kappa shape index (κ1) is 12.4. The fraction of sp³-hybridized carbons (Fsp3) is 0.929. The van der Waals surface area contributed by atoms with E-state index in [9.17, 15) is 9.90 Å². The number of aliphatic hydroxyl groups excluding tert-OH is 1. The highest BCUT2D eigenvalue weighted by Gasteiger charge is 2.41. The van der Waals surface area contributed by atoms with Crippen LogP contribution in [0.3, 0.4) is 0 Å². The van der Waals surface area contributed by atoms with Gasteiger partial charge in [-0.1, -0.05) is 0 Å². The van der Waals surface area contributed by atoms with Crippen LogP contribution in [0.5, 0.6) is 0 Å². The van der Waals surface area contributed by atoms with Crippen LogP contribution in [0.25, 0.3) is 0 Å². The molecule has 102 valence electrons. The summed E-state index contributed by atoms with van der Waals surface area (Å²) < 4.78 is 0. The summed E-state index contributed by atoms with van der Waals surface area (Å²) in [5.41, 5.74) is 0. The highest BCUT2D eigenvalue weighted by Crippen LogP contribution is 2.35. The van der Waals surface area contributed by atoms with Crippen LogP contribution in [0.1, 0.15) is 44.9 Å². The van der Waals surface area contributed by atoms with Crippen LogP contribution in [0, 0.1) is 0 Å². The summed E-state index contributed by atoms with van der Waals surface area (Å²) in [7, 11) is 0. The maximum atomic E-state index is 12.3. The van der Waals surface area contributed by atoms with E-state index < -0.39 is 0 Å². The molecule has 0 aromatic rings. The van der Waals surface area contributed by atoms with E-state index in [1.807, 2.05) is 4.90 Å². The maximum absolute atomic E-state index is 12.3. The molecule has 1 amide bonds. The van der Waals surface area contributed by atoms with Gasteiger partial charge in [0, 0.05) is 25.2 Å². The average molecular weight is 252 g/mol. The Balaban J connectivity index is 1.58. The van der Waals surface area contributed by atoms with Gasteiger partial charge < -0.3 is 10.0 Å². The van der Waals surface area contributed by atoms with Crippen molar-refractivity contribution >= 4 is 5.91 Å². The largest absolute Gasteiger partial charge is 0.393 e. The van der Waals surface area contributed by atoms with Gasteiger partial charge in [0.25, 0.3) is 0 Å². The van der Waals surface area contributed by atoms with Crippen molar-refractivity contribution in [2.45, 2.75) is 63.1 Å². The van der Waals surface area contributed by atoms with Crippen molar-refractivity contribution in [3.05, 3.63) is 0 Å². The van der Waals surface area contributed by atoms with Crippen LogP contribution in [-0.2, 0) is 4.79 Å². The molecule has 0 aromatic heterocycles. The predicted octanol–water partition coefficient (Wildman–Crippen LogP) is 0.987. The first-order valence-electron chi connectivity index (χ1n) is 7.45. The second-order valence-corrected chi connectivity index (χ2v) is 6.12. The molecule has 18 heavy (non-hydrogen) atoms. The number of piperidine rings is 2. The van der Waals surface area contributed by atoms with Crippen LogP contribution in [0.2, 0.25) is 0 Å². The summed E-state index contributed by atoms with van der Waals surface area (Å²) in [4.78, 5) is 16.7. The molecule has 4 heteroatoms. The van der Waals surface area contributed by atoms with Crippen molar-refractivity contribution < 1.29 is 9.90 Å². The average Bonchev–Trinajstić information content (AvgIpc) is 2.62. The third-order valence-corrected chi connectivity index (χ3v) is 4.89. The monoisotopic (exact) mass is 252 g/mol. The second-order valence-electron chi connectivity index (χ2n) is 6.12. The number of fused-ring (bicyclic) bond motifs is 2. The van der Waals surface area contributed by atoms with Crippen LogP contribution < -0.4 is 0 Å². The highest BCUT2D eigenvalue weighted by molar-refractivity contribution is 5.78. The van der Waals surface area contributed by atoms with Crippen LogP contribution in [0.15, 0.2) is 0 Å². The molecule has 3 fully saturated rings. The molecule has 2 unspecified atom stereocenters. The maximum Gasteiger partial charge on any atom is 0.236 e. The molecule has 2 atom stereocenters. The molecule has 0 spiro atoms. The van der Waals surface area contributed by atoms with E-state index in [1.54, 1.807) is 0 Å². The number of carbonyl (C=O) groups excluding carboxylic acids is 1. The molecular formula is C14H24N2O2. The molecule has 0 radical (unpaired) electrons. The van der Waals surface area contributed by atoms with Gasteiger partial charge in [-0.3, -0.25) is 9.69 Å². The van der Waals surface area contributed by atoms with Crippen molar-refractivity contribution in [1.29, 1.82) is 0 Å². The molecule has 3 heterocycles. The summed E-state index contributed by atoms with van der Waals surface area (Å²) >= 11 is 0. The zero-order chi connectivity index (χ0) is 12.5. The van der Waals surface area contributed by atoms with Crippen LogP contribution in [-0.4, -0.2) is 58.6 Å². The first-order chi connectivity index (χ1) is 8.74. The lowest BCUT2D eigenvalue weighted by atomic mass is 10.00. The number of aliphatic hydroxyl groups is 1. The van der Waals surface area contributed by atoms with E-state index in [2.05, 4.69) is 4.90 Å². The minimum absolute atomic E-state index is 0.135. The van der Waals surface area contributed by atoms with E-state index in [4.69, 9.17) is 0 Å². The Kier molecular flexibility index (Phi) is 3.57. The first-order valence-corrected chi connectivity index (χ1v) is 7.45. The minimum atomic E-state index is -0.135. The van der Waals surface area contributed by atoms with Gasteiger partial charge in [0.1, 0.15) is 0 Å².